The van der Waals surface area contributed by atoms with Gasteiger partial charge in [0.25, 0.3) is 0 Å². The van der Waals surface area contributed by atoms with E-state index in [0.29, 0.717) is 5.92 Å². The van der Waals surface area contributed by atoms with Crippen LogP contribution in [-0.2, 0) is 0 Å². The predicted octanol–water partition coefficient (Wildman–Crippen LogP) is 3.73. The molecule has 1 aliphatic rings. The number of rotatable bonds is 2. The molecule has 0 amide bonds. The third kappa shape index (κ3) is 2.14. The Morgan fingerprint density at radius 2 is 2.15 bits per heavy atom. The molecule has 1 nitrogen and oxygen atoms in total. The lowest BCUT2D eigenvalue weighted by Crippen LogP contribution is -2.06. The van der Waals surface area contributed by atoms with Crippen LogP contribution in [0.5, 0.6) is 0 Å². The van der Waals surface area contributed by atoms with E-state index in [4.69, 9.17) is 0 Å². The number of hydrogen-bond acceptors (Lipinski definition) is 2. The molecule has 1 unspecified atom stereocenters. The fourth-order valence-electron chi connectivity index (χ4n) is 1.99. The Balaban J connectivity index is 2.07. The summed E-state index contributed by atoms with van der Waals surface area (Å²) < 4.78 is 1.09. The van der Waals surface area contributed by atoms with Gasteiger partial charge in [0.1, 0.15) is 0 Å². The van der Waals surface area contributed by atoms with E-state index in [1.165, 1.54) is 25.7 Å². The molecule has 1 atom stereocenters. The van der Waals surface area contributed by atoms with Gasteiger partial charge in [0.15, 0.2) is 0 Å². The summed E-state index contributed by atoms with van der Waals surface area (Å²) in [4.78, 5) is 1.11. The van der Waals surface area contributed by atoms with Gasteiger partial charge in [-0.15, -0.1) is 11.3 Å². The van der Waals surface area contributed by atoms with Crippen LogP contribution in [0, 0.1) is 5.92 Å². The Kier molecular flexibility index (Phi) is 3.06. The largest absolute Gasteiger partial charge is 0.387 e. The maximum atomic E-state index is 10.0. The van der Waals surface area contributed by atoms with E-state index in [0.717, 1.165) is 9.35 Å². The van der Waals surface area contributed by atoms with E-state index in [-0.39, 0.29) is 6.10 Å². The number of aliphatic hydroxyl groups excluding tert-OH is 1. The highest BCUT2D eigenvalue weighted by Crippen LogP contribution is 2.38. The molecule has 0 spiro atoms. The zero-order valence-corrected chi connectivity index (χ0v) is 9.77. The fraction of sp³-hybridized carbons (Fsp3) is 0.600. The van der Waals surface area contributed by atoms with E-state index in [1.54, 1.807) is 11.3 Å². The van der Waals surface area contributed by atoms with Crippen molar-refractivity contribution in [1.82, 2.24) is 0 Å². The molecular formula is C10H13BrOS. The maximum absolute atomic E-state index is 10.0. The minimum atomic E-state index is -0.223. The molecule has 0 saturated heterocycles. The fourth-order valence-corrected chi connectivity index (χ4v) is 3.51. The normalized spacial score (nSPS) is 20.8. The quantitative estimate of drug-likeness (QED) is 0.859. The van der Waals surface area contributed by atoms with Gasteiger partial charge in [0, 0.05) is 14.7 Å². The first-order chi connectivity index (χ1) is 6.27. The van der Waals surface area contributed by atoms with Gasteiger partial charge >= 0.3 is 0 Å². The first kappa shape index (κ1) is 9.69. The molecule has 1 heterocycles. The van der Waals surface area contributed by atoms with Crippen LogP contribution in [0.1, 0.15) is 36.7 Å². The van der Waals surface area contributed by atoms with Gasteiger partial charge in [-0.1, -0.05) is 12.8 Å². The molecule has 3 heteroatoms. The third-order valence-corrected chi connectivity index (χ3v) is 4.49. The van der Waals surface area contributed by atoms with Crippen molar-refractivity contribution in [3.63, 3.8) is 0 Å². The summed E-state index contributed by atoms with van der Waals surface area (Å²) in [6.07, 6.45) is 4.73. The molecule has 0 aliphatic heterocycles. The predicted molar refractivity (Wildman–Crippen MR) is 58.9 cm³/mol. The smallest absolute Gasteiger partial charge is 0.0910 e. The van der Waals surface area contributed by atoms with Gasteiger partial charge in [-0.2, -0.15) is 0 Å². The third-order valence-electron chi connectivity index (χ3n) is 2.73. The van der Waals surface area contributed by atoms with Crippen molar-refractivity contribution in [3.8, 4) is 0 Å². The molecule has 1 aromatic heterocycles. The average Bonchev–Trinajstić information content (AvgIpc) is 2.72. The average molecular weight is 261 g/mol. The second-order valence-corrected chi connectivity index (χ2v) is 5.52. The Hall–Kier alpha value is 0.140. The van der Waals surface area contributed by atoms with Crippen molar-refractivity contribution in [2.75, 3.05) is 0 Å². The standard InChI is InChI=1S/C10H13BrOS/c11-8-5-9(13-6-8)10(12)7-3-1-2-4-7/h5-7,10,12H,1-4H2. The van der Waals surface area contributed by atoms with Crippen LogP contribution in [0.2, 0.25) is 0 Å². The van der Waals surface area contributed by atoms with Crippen LogP contribution in [0.3, 0.4) is 0 Å². The molecule has 72 valence electrons. The number of hydrogen-bond donors (Lipinski definition) is 1. The Morgan fingerprint density at radius 3 is 2.69 bits per heavy atom. The minimum Gasteiger partial charge on any atom is -0.387 e. The second kappa shape index (κ2) is 4.11. The Labute approximate surface area is 90.9 Å². The van der Waals surface area contributed by atoms with E-state index in [9.17, 15) is 5.11 Å². The topological polar surface area (TPSA) is 20.2 Å². The minimum absolute atomic E-state index is 0.223. The molecule has 2 rings (SSSR count). The van der Waals surface area contributed by atoms with Gasteiger partial charge in [0.05, 0.1) is 6.10 Å². The molecule has 1 fully saturated rings. The number of thiophene rings is 1. The van der Waals surface area contributed by atoms with Gasteiger partial charge in [-0.05, 0) is 40.8 Å². The Bertz CT molecular complexity index is 278. The molecule has 1 N–H and O–H groups in total. The summed E-state index contributed by atoms with van der Waals surface area (Å²) in [5.41, 5.74) is 0. The van der Waals surface area contributed by atoms with E-state index >= 15 is 0 Å². The van der Waals surface area contributed by atoms with Gasteiger partial charge < -0.3 is 5.11 Å². The molecule has 1 aliphatic carbocycles. The van der Waals surface area contributed by atoms with Crippen molar-refractivity contribution >= 4 is 27.3 Å². The number of aliphatic hydroxyl groups is 1. The zero-order chi connectivity index (χ0) is 9.26. The van der Waals surface area contributed by atoms with Crippen LogP contribution in [0.4, 0.5) is 0 Å². The monoisotopic (exact) mass is 260 g/mol. The van der Waals surface area contributed by atoms with Crippen LogP contribution >= 0.6 is 27.3 Å². The van der Waals surface area contributed by atoms with Crippen molar-refractivity contribution in [2.24, 2.45) is 5.92 Å². The zero-order valence-electron chi connectivity index (χ0n) is 7.37. The second-order valence-electron chi connectivity index (χ2n) is 3.66. The summed E-state index contributed by atoms with van der Waals surface area (Å²) in [6, 6.07) is 2.04. The lowest BCUT2D eigenvalue weighted by Gasteiger charge is -2.15. The van der Waals surface area contributed by atoms with Crippen LogP contribution in [-0.4, -0.2) is 5.11 Å². The molecule has 0 radical (unpaired) electrons. The molecule has 1 aromatic rings. The summed E-state index contributed by atoms with van der Waals surface area (Å²) in [5.74, 6) is 0.505. The van der Waals surface area contributed by atoms with Crippen LogP contribution in [0.15, 0.2) is 15.9 Å². The van der Waals surface area contributed by atoms with Crippen molar-refractivity contribution < 1.29 is 5.11 Å². The van der Waals surface area contributed by atoms with Crippen molar-refractivity contribution in [1.29, 1.82) is 0 Å². The Morgan fingerprint density at radius 1 is 1.46 bits per heavy atom. The molecular weight excluding hydrogens is 248 g/mol. The highest BCUT2D eigenvalue weighted by molar-refractivity contribution is 9.10. The maximum Gasteiger partial charge on any atom is 0.0910 e. The van der Waals surface area contributed by atoms with Crippen molar-refractivity contribution in [3.05, 3.63) is 20.8 Å². The number of halogens is 1. The summed E-state index contributed by atoms with van der Waals surface area (Å²) in [7, 11) is 0. The van der Waals surface area contributed by atoms with Gasteiger partial charge in [-0.25, -0.2) is 0 Å². The summed E-state index contributed by atoms with van der Waals surface area (Å²) >= 11 is 5.06. The van der Waals surface area contributed by atoms with Gasteiger partial charge in [0.2, 0.25) is 0 Å². The van der Waals surface area contributed by atoms with Crippen molar-refractivity contribution in [2.45, 2.75) is 31.8 Å². The molecule has 13 heavy (non-hydrogen) atoms. The molecule has 0 aromatic carbocycles. The van der Waals surface area contributed by atoms with E-state index in [1.807, 2.05) is 11.4 Å². The highest BCUT2D eigenvalue weighted by atomic mass is 79.9. The summed E-state index contributed by atoms with van der Waals surface area (Å²) in [5, 5.41) is 12.1. The first-order valence-corrected chi connectivity index (χ1v) is 6.36. The first-order valence-electron chi connectivity index (χ1n) is 4.69. The van der Waals surface area contributed by atoms with E-state index < -0.39 is 0 Å². The van der Waals surface area contributed by atoms with Gasteiger partial charge in [-0.3, -0.25) is 0 Å². The lowest BCUT2D eigenvalue weighted by atomic mass is 10.00. The SMILES string of the molecule is OC(c1cc(Br)cs1)C1CCCC1. The van der Waals surface area contributed by atoms with Crippen LogP contribution in [0.25, 0.3) is 0 Å². The van der Waals surface area contributed by atoms with Crippen LogP contribution < -0.4 is 0 Å². The highest BCUT2D eigenvalue weighted by Gasteiger charge is 2.25. The molecule has 1 saturated carbocycles. The van der Waals surface area contributed by atoms with E-state index in [2.05, 4.69) is 15.9 Å². The molecule has 0 bridgehead atoms. The lowest BCUT2D eigenvalue weighted by molar-refractivity contribution is 0.115. The summed E-state index contributed by atoms with van der Waals surface area (Å²) in [6.45, 7) is 0.